The number of rotatable bonds is 5. The van der Waals surface area contributed by atoms with Crippen molar-refractivity contribution in [3.05, 3.63) is 22.8 Å². The Morgan fingerprint density at radius 3 is 2.88 bits per heavy atom. The van der Waals surface area contributed by atoms with E-state index in [-0.39, 0.29) is 16.5 Å². The quantitative estimate of drug-likeness (QED) is 0.848. The molecule has 0 aliphatic heterocycles. The zero-order chi connectivity index (χ0) is 12.1. The Morgan fingerprint density at radius 1 is 1.62 bits per heavy atom. The zero-order valence-electron chi connectivity index (χ0n) is 9.11. The van der Waals surface area contributed by atoms with Crippen LogP contribution >= 0.6 is 11.6 Å². The van der Waals surface area contributed by atoms with Gasteiger partial charge in [0.1, 0.15) is 11.6 Å². The number of pyridine rings is 1. The van der Waals surface area contributed by atoms with Gasteiger partial charge in [-0.3, -0.25) is 0 Å². The lowest BCUT2D eigenvalue weighted by Gasteiger charge is -2.11. The summed E-state index contributed by atoms with van der Waals surface area (Å²) < 4.78 is 5.29. The second-order valence-electron chi connectivity index (χ2n) is 3.43. The summed E-state index contributed by atoms with van der Waals surface area (Å²) in [6.07, 6.45) is 1.36. The summed E-state index contributed by atoms with van der Waals surface area (Å²) in [6.45, 7) is 1.11. The highest BCUT2D eigenvalue weighted by molar-refractivity contribution is 6.34. The first-order valence-corrected chi connectivity index (χ1v) is 5.05. The summed E-state index contributed by atoms with van der Waals surface area (Å²) in [5, 5.41) is 8.86. The molecule has 0 atom stereocenters. The van der Waals surface area contributed by atoms with E-state index in [1.54, 1.807) is 0 Å². The van der Waals surface area contributed by atoms with E-state index in [2.05, 4.69) is 4.98 Å². The maximum absolute atomic E-state index is 10.8. The SMILES string of the molecule is CN(C)CCOc1nccc(C(=O)O)c1Cl. The number of hydrogen-bond donors (Lipinski definition) is 1. The number of halogens is 1. The fourth-order valence-electron chi connectivity index (χ4n) is 1.02. The molecule has 0 amide bonds. The number of aromatic carboxylic acids is 1. The van der Waals surface area contributed by atoms with Crippen LogP contribution in [0.2, 0.25) is 5.02 Å². The third-order valence-electron chi connectivity index (χ3n) is 1.86. The third kappa shape index (κ3) is 3.36. The molecule has 16 heavy (non-hydrogen) atoms. The van der Waals surface area contributed by atoms with Crippen molar-refractivity contribution in [1.29, 1.82) is 0 Å². The van der Waals surface area contributed by atoms with E-state index in [4.69, 9.17) is 21.4 Å². The lowest BCUT2D eigenvalue weighted by Crippen LogP contribution is -2.20. The Kier molecular flexibility index (Phi) is 4.52. The number of hydrogen-bond acceptors (Lipinski definition) is 4. The number of carboxylic acids is 1. The topological polar surface area (TPSA) is 62.7 Å². The second-order valence-corrected chi connectivity index (χ2v) is 3.81. The molecular weight excluding hydrogens is 232 g/mol. The molecule has 0 spiro atoms. The van der Waals surface area contributed by atoms with Crippen molar-refractivity contribution in [2.75, 3.05) is 27.2 Å². The highest BCUT2D eigenvalue weighted by atomic mass is 35.5. The van der Waals surface area contributed by atoms with Gasteiger partial charge < -0.3 is 14.7 Å². The summed E-state index contributed by atoms with van der Waals surface area (Å²) in [7, 11) is 3.82. The Labute approximate surface area is 98.6 Å². The van der Waals surface area contributed by atoms with Gasteiger partial charge in [0.2, 0.25) is 5.88 Å². The predicted molar refractivity (Wildman–Crippen MR) is 60.3 cm³/mol. The van der Waals surface area contributed by atoms with E-state index in [1.807, 2.05) is 19.0 Å². The lowest BCUT2D eigenvalue weighted by molar-refractivity contribution is 0.0696. The van der Waals surface area contributed by atoms with Crippen LogP contribution in [0.5, 0.6) is 5.88 Å². The molecule has 1 aromatic rings. The standard InChI is InChI=1S/C10H13ClN2O3/c1-13(2)5-6-16-9-8(11)7(10(14)15)3-4-12-9/h3-4H,5-6H2,1-2H3,(H,14,15). The molecule has 6 heteroatoms. The van der Waals surface area contributed by atoms with Gasteiger partial charge in [0, 0.05) is 12.7 Å². The first-order valence-electron chi connectivity index (χ1n) is 4.67. The lowest BCUT2D eigenvalue weighted by atomic mass is 10.3. The minimum Gasteiger partial charge on any atom is -0.478 e. The zero-order valence-corrected chi connectivity index (χ0v) is 9.86. The van der Waals surface area contributed by atoms with Crippen molar-refractivity contribution >= 4 is 17.6 Å². The normalized spacial score (nSPS) is 10.5. The summed E-state index contributed by atoms with van der Waals surface area (Å²) >= 11 is 5.84. The van der Waals surface area contributed by atoms with Crippen LogP contribution in [0.3, 0.4) is 0 Å². The highest BCUT2D eigenvalue weighted by Crippen LogP contribution is 2.25. The van der Waals surface area contributed by atoms with Crippen LogP contribution in [0.25, 0.3) is 0 Å². The molecule has 0 bridgehead atoms. The monoisotopic (exact) mass is 244 g/mol. The van der Waals surface area contributed by atoms with E-state index in [9.17, 15) is 4.79 Å². The molecule has 5 nitrogen and oxygen atoms in total. The fraction of sp³-hybridized carbons (Fsp3) is 0.400. The number of carbonyl (C=O) groups is 1. The molecule has 1 aromatic heterocycles. The van der Waals surface area contributed by atoms with Crippen molar-refractivity contribution in [3.8, 4) is 5.88 Å². The van der Waals surface area contributed by atoms with Gasteiger partial charge in [0.05, 0.1) is 5.56 Å². The number of carboxylic acid groups (broad SMARTS) is 1. The highest BCUT2D eigenvalue weighted by Gasteiger charge is 2.14. The van der Waals surface area contributed by atoms with Crippen LogP contribution in [-0.2, 0) is 0 Å². The minimum atomic E-state index is -1.09. The summed E-state index contributed by atoms with van der Waals surface area (Å²) in [6, 6.07) is 1.34. The smallest absolute Gasteiger partial charge is 0.337 e. The third-order valence-corrected chi connectivity index (χ3v) is 2.23. The van der Waals surface area contributed by atoms with Gasteiger partial charge in [-0.1, -0.05) is 11.6 Å². The van der Waals surface area contributed by atoms with E-state index in [0.29, 0.717) is 13.2 Å². The maximum atomic E-state index is 10.8. The molecule has 0 aliphatic carbocycles. The van der Waals surface area contributed by atoms with E-state index in [1.165, 1.54) is 12.3 Å². The van der Waals surface area contributed by atoms with Crippen LogP contribution < -0.4 is 4.74 Å². The molecule has 0 fully saturated rings. The van der Waals surface area contributed by atoms with E-state index in [0.717, 1.165) is 0 Å². The average Bonchev–Trinajstić information content (AvgIpc) is 2.19. The number of likely N-dealkylation sites (N-methyl/N-ethyl adjacent to an activating group) is 1. The van der Waals surface area contributed by atoms with Crippen LogP contribution in [0, 0.1) is 0 Å². The molecule has 0 saturated carbocycles. The van der Waals surface area contributed by atoms with Gasteiger partial charge in [-0.2, -0.15) is 0 Å². The maximum Gasteiger partial charge on any atom is 0.337 e. The molecule has 1 N–H and O–H groups in total. The van der Waals surface area contributed by atoms with E-state index >= 15 is 0 Å². The largest absolute Gasteiger partial charge is 0.478 e. The summed E-state index contributed by atoms with van der Waals surface area (Å²) in [4.78, 5) is 16.6. The molecule has 1 rings (SSSR count). The average molecular weight is 245 g/mol. The molecule has 0 saturated heterocycles. The van der Waals surface area contributed by atoms with Crippen molar-refractivity contribution < 1.29 is 14.6 Å². The second kappa shape index (κ2) is 5.67. The predicted octanol–water partition coefficient (Wildman–Crippen LogP) is 1.37. The Hall–Kier alpha value is -1.33. The van der Waals surface area contributed by atoms with Gasteiger partial charge in [-0.05, 0) is 20.2 Å². The fourth-order valence-corrected chi connectivity index (χ4v) is 1.26. The van der Waals surface area contributed by atoms with Gasteiger partial charge >= 0.3 is 5.97 Å². The van der Waals surface area contributed by atoms with Gasteiger partial charge in [-0.15, -0.1) is 0 Å². The molecule has 88 valence electrons. The molecule has 1 heterocycles. The molecule has 0 aromatic carbocycles. The minimum absolute atomic E-state index is 0.00322. The first-order chi connectivity index (χ1) is 7.52. The van der Waals surface area contributed by atoms with Crippen LogP contribution in [0.4, 0.5) is 0 Å². The van der Waals surface area contributed by atoms with Gasteiger partial charge in [0.25, 0.3) is 0 Å². The number of nitrogens with zero attached hydrogens (tertiary/aromatic N) is 2. The Morgan fingerprint density at radius 2 is 2.31 bits per heavy atom. The first kappa shape index (κ1) is 12.7. The number of ether oxygens (including phenoxy) is 1. The summed E-state index contributed by atoms with van der Waals surface area (Å²) in [5.74, 6) is -0.937. The van der Waals surface area contributed by atoms with Gasteiger partial charge in [-0.25, -0.2) is 9.78 Å². The van der Waals surface area contributed by atoms with Gasteiger partial charge in [0.15, 0.2) is 0 Å². The van der Waals surface area contributed by atoms with Crippen LogP contribution in [0.1, 0.15) is 10.4 Å². The number of aromatic nitrogens is 1. The van der Waals surface area contributed by atoms with Crippen molar-refractivity contribution in [3.63, 3.8) is 0 Å². The van der Waals surface area contributed by atoms with E-state index < -0.39 is 5.97 Å². The Bertz CT molecular complexity index is 382. The van der Waals surface area contributed by atoms with Crippen molar-refractivity contribution in [2.24, 2.45) is 0 Å². The van der Waals surface area contributed by atoms with Crippen molar-refractivity contribution in [2.45, 2.75) is 0 Å². The molecule has 0 aliphatic rings. The van der Waals surface area contributed by atoms with Crippen LogP contribution in [0.15, 0.2) is 12.3 Å². The van der Waals surface area contributed by atoms with Crippen LogP contribution in [-0.4, -0.2) is 48.2 Å². The van der Waals surface area contributed by atoms with Crippen molar-refractivity contribution in [1.82, 2.24) is 9.88 Å². The molecular formula is C10H13ClN2O3. The molecule has 0 unspecified atom stereocenters. The summed E-state index contributed by atoms with van der Waals surface area (Å²) in [5.41, 5.74) is -0.00322. The Balaban J connectivity index is 2.73. The molecule has 0 radical (unpaired) electrons.